The van der Waals surface area contributed by atoms with Crippen molar-refractivity contribution in [2.45, 2.75) is 46.2 Å². The number of anilines is 1. The molecule has 1 aliphatic heterocycles. The van der Waals surface area contributed by atoms with Crippen molar-refractivity contribution < 1.29 is 17.6 Å². The van der Waals surface area contributed by atoms with Crippen LogP contribution < -0.4 is 4.90 Å². The Bertz CT molecular complexity index is 1230. The quantitative estimate of drug-likeness (QED) is 0.492. The molecule has 0 spiro atoms. The zero-order chi connectivity index (χ0) is 23.6. The number of nitrogens with zero attached hydrogens (tertiary/aromatic N) is 2. The van der Waals surface area contributed by atoms with Crippen molar-refractivity contribution in [1.82, 2.24) is 4.90 Å². The predicted octanol–water partition coefficient (Wildman–Crippen LogP) is 4.35. The number of fused-ring (bicyclic) bond motifs is 1. The van der Waals surface area contributed by atoms with E-state index in [0.717, 1.165) is 46.4 Å². The van der Waals surface area contributed by atoms with E-state index in [0.29, 0.717) is 13.0 Å². The second kappa shape index (κ2) is 9.59. The summed E-state index contributed by atoms with van der Waals surface area (Å²) in [4.78, 5) is 17.5. The summed E-state index contributed by atoms with van der Waals surface area (Å²) in [5, 5.41) is 0.936. The van der Waals surface area contributed by atoms with Gasteiger partial charge >= 0.3 is 0 Å². The number of aryl methyl sites for hydroxylation is 1. The van der Waals surface area contributed by atoms with Gasteiger partial charge in [-0.2, -0.15) is 0 Å². The predicted molar refractivity (Wildman–Crippen MR) is 132 cm³/mol. The molecular weight excluding hydrogens is 436 g/mol. The van der Waals surface area contributed by atoms with Crippen LogP contribution in [0.25, 0.3) is 11.0 Å². The van der Waals surface area contributed by atoms with Crippen LogP contribution in [0, 0.1) is 6.92 Å². The highest BCUT2D eigenvalue weighted by atomic mass is 32.2. The van der Waals surface area contributed by atoms with Crippen LogP contribution in [0.1, 0.15) is 37.0 Å². The molecule has 7 heteroatoms. The zero-order valence-electron chi connectivity index (χ0n) is 19.6. The van der Waals surface area contributed by atoms with E-state index < -0.39 is 9.84 Å². The highest BCUT2D eigenvalue weighted by molar-refractivity contribution is 7.91. The fourth-order valence-electron chi connectivity index (χ4n) is 4.64. The van der Waals surface area contributed by atoms with E-state index in [1.807, 2.05) is 37.3 Å². The van der Waals surface area contributed by atoms with Gasteiger partial charge < -0.3 is 14.2 Å². The molecule has 1 aromatic heterocycles. The lowest BCUT2D eigenvalue weighted by atomic mass is 10.1. The molecule has 3 aromatic rings. The van der Waals surface area contributed by atoms with E-state index in [1.165, 1.54) is 0 Å². The average molecular weight is 469 g/mol. The van der Waals surface area contributed by atoms with Crippen LogP contribution in [0.5, 0.6) is 0 Å². The molecule has 1 saturated heterocycles. The number of rotatable bonds is 8. The molecule has 1 amide bonds. The number of carbonyl (C=O) groups is 1. The van der Waals surface area contributed by atoms with Crippen LogP contribution in [-0.4, -0.2) is 49.9 Å². The number of sulfone groups is 1. The summed E-state index contributed by atoms with van der Waals surface area (Å²) in [6, 6.07) is 13.8. The fraction of sp³-hybridized carbons (Fsp3) is 0.423. The molecular formula is C26H32N2O4S. The Morgan fingerprint density at radius 1 is 1.09 bits per heavy atom. The largest absolute Gasteiger partial charge is 0.464 e. The molecule has 176 valence electrons. The first kappa shape index (κ1) is 23.4. The molecule has 0 unspecified atom stereocenters. The first-order chi connectivity index (χ1) is 15.8. The highest BCUT2D eigenvalue weighted by Gasteiger charge is 2.35. The summed E-state index contributed by atoms with van der Waals surface area (Å²) < 4.78 is 30.0. The third kappa shape index (κ3) is 5.24. The van der Waals surface area contributed by atoms with Gasteiger partial charge in [-0.1, -0.05) is 23.8 Å². The van der Waals surface area contributed by atoms with E-state index in [4.69, 9.17) is 4.42 Å². The fourth-order valence-corrected chi connectivity index (χ4v) is 6.37. The van der Waals surface area contributed by atoms with Crippen molar-refractivity contribution in [3.8, 4) is 0 Å². The van der Waals surface area contributed by atoms with Crippen molar-refractivity contribution in [2.75, 3.05) is 29.5 Å². The van der Waals surface area contributed by atoms with Crippen LogP contribution in [0.3, 0.4) is 0 Å². The van der Waals surface area contributed by atoms with Gasteiger partial charge in [0.05, 0.1) is 24.2 Å². The van der Waals surface area contributed by atoms with Crippen LogP contribution in [0.4, 0.5) is 5.69 Å². The van der Waals surface area contributed by atoms with Crippen molar-refractivity contribution in [3.05, 3.63) is 65.4 Å². The lowest BCUT2D eigenvalue weighted by Crippen LogP contribution is -2.41. The highest BCUT2D eigenvalue weighted by Crippen LogP contribution is 2.26. The summed E-state index contributed by atoms with van der Waals surface area (Å²) in [5.74, 6) is 0.0895. The van der Waals surface area contributed by atoms with Gasteiger partial charge in [-0.25, -0.2) is 8.42 Å². The van der Waals surface area contributed by atoms with Gasteiger partial charge in [0.1, 0.15) is 5.58 Å². The molecule has 6 nitrogen and oxygen atoms in total. The molecule has 33 heavy (non-hydrogen) atoms. The van der Waals surface area contributed by atoms with Gasteiger partial charge in [-0.15, -0.1) is 0 Å². The van der Waals surface area contributed by atoms with Gasteiger partial charge in [-0.3, -0.25) is 4.79 Å². The van der Waals surface area contributed by atoms with Crippen molar-refractivity contribution >= 4 is 32.4 Å². The molecule has 1 aliphatic rings. The number of amides is 1. The lowest BCUT2D eigenvalue weighted by Gasteiger charge is -2.29. The molecule has 0 N–H and O–H groups in total. The molecule has 0 radical (unpaired) electrons. The molecule has 4 rings (SSSR count). The Morgan fingerprint density at radius 3 is 2.45 bits per heavy atom. The molecule has 0 bridgehead atoms. The SMILES string of the molecule is CCN(CC)c1ccc(CN(C(=O)Cc2coc3ccc(C)cc23)[C@@H]2CCS(=O)(=O)C2)cc1. The molecule has 1 atom stereocenters. The second-order valence-electron chi connectivity index (χ2n) is 8.85. The first-order valence-electron chi connectivity index (χ1n) is 11.6. The van der Waals surface area contributed by atoms with Gasteiger partial charge in [0.2, 0.25) is 5.91 Å². The molecule has 1 fully saturated rings. The molecule has 2 aromatic carbocycles. The summed E-state index contributed by atoms with van der Waals surface area (Å²) in [7, 11) is -3.11. The van der Waals surface area contributed by atoms with Crippen molar-refractivity contribution in [1.29, 1.82) is 0 Å². The normalized spacial score (nSPS) is 17.4. The van der Waals surface area contributed by atoms with E-state index in [-0.39, 0.29) is 29.9 Å². The standard InChI is InChI=1S/C26H32N2O4S/c1-4-27(5-2)22-9-7-20(8-10-22)16-28(23-12-13-33(30,31)18-23)26(29)15-21-17-32-25-11-6-19(3)14-24(21)25/h6-11,14,17,23H,4-5,12-13,15-16,18H2,1-3H3/t23-/m1/s1. The number of carbonyl (C=O) groups excluding carboxylic acids is 1. The van der Waals surface area contributed by atoms with Gasteiger partial charge in [-0.05, 0) is 57.0 Å². The summed E-state index contributed by atoms with van der Waals surface area (Å²) in [6.45, 7) is 8.51. The minimum absolute atomic E-state index is 0.0293. The first-order valence-corrected chi connectivity index (χ1v) is 13.4. The maximum Gasteiger partial charge on any atom is 0.227 e. The van der Waals surface area contributed by atoms with Gasteiger partial charge in [0, 0.05) is 42.3 Å². The summed E-state index contributed by atoms with van der Waals surface area (Å²) in [6.07, 6.45) is 2.31. The number of furan rings is 1. The van der Waals surface area contributed by atoms with E-state index >= 15 is 0 Å². The van der Waals surface area contributed by atoms with E-state index in [2.05, 4.69) is 30.9 Å². The summed E-state index contributed by atoms with van der Waals surface area (Å²) >= 11 is 0. The third-order valence-corrected chi connectivity index (χ3v) is 8.29. The maximum absolute atomic E-state index is 13.5. The van der Waals surface area contributed by atoms with E-state index in [1.54, 1.807) is 11.2 Å². The third-order valence-electron chi connectivity index (χ3n) is 6.54. The average Bonchev–Trinajstić information content (AvgIpc) is 3.36. The van der Waals surface area contributed by atoms with Crippen LogP contribution in [0.2, 0.25) is 0 Å². The van der Waals surface area contributed by atoms with Crippen LogP contribution in [0.15, 0.2) is 53.1 Å². The monoisotopic (exact) mass is 468 g/mol. The number of hydrogen-bond acceptors (Lipinski definition) is 5. The lowest BCUT2D eigenvalue weighted by molar-refractivity contribution is -0.133. The van der Waals surface area contributed by atoms with Gasteiger partial charge in [0.15, 0.2) is 9.84 Å². The smallest absolute Gasteiger partial charge is 0.227 e. The van der Waals surface area contributed by atoms with Gasteiger partial charge in [0.25, 0.3) is 0 Å². The van der Waals surface area contributed by atoms with Crippen molar-refractivity contribution in [3.63, 3.8) is 0 Å². The zero-order valence-corrected chi connectivity index (χ0v) is 20.4. The Kier molecular flexibility index (Phi) is 6.79. The van der Waals surface area contributed by atoms with Crippen LogP contribution >= 0.6 is 0 Å². The second-order valence-corrected chi connectivity index (χ2v) is 11.1. The molecule has 0 saturated carbocycles. The van der Waals surface area contributed by atoms with E-state index in [9.17, 15) is 13.2 Å². The van der Waals surface area contributed by atoms with Crippen molar-refractivity contribution in [2.24, 2.45) is 0 Å². The Balaban J connectivity index is 1.58. The Morgan fingerprint density at radius 2 is 1.82 bits per heavy atom. The number of hydrogen-bond donors (Lipinski definition) is 0. The minimum atomic E-state index is -3.11. The van der Waals surface area contributed by atoms with Crippen LogP contribution in [-0.2, 0) is 27.6 Å². The topological polar surface area (TPSA) is 70.8 Å². The minimum Gasteiger partial charge on any atom is -0.464 e. The molecule has 2 heterocycles. The molecule has 0 aliphatic carbocycles. The Hall–Kier alpha value is -2.80. The maximum atomic E-state index is 13.5. The number of benzene rings is 2. The Labute approximate surface area is 196 Å². The summed E-state index contributed by atoms with van der Waals surface area (Å²) in [5.41, 5.74) is 4.83.